The molecular formula is C10H4F6O4. The lowest BCUT2D eigenvalue weighted by Crippen LogP contribution is -2.22. The molecule has 0 aliphatic carbocycles. The normalized spacial score (nSPS) is 12.3. The van der Waals surface area contributed by atoms with Gasteiger partial charge in [-0.25, -0.2) is 9.59 Å². The van der Waals surface area contributed by atoms with E-state index in [1.54, 1.807) is 0 Å². The summed E-state index contributed by atoms with van der Waals surface area (Å²) in [5.41, 5.74) is -7.81. The molecule has 0 radical (unpaired) electrons. The first-order valence-electron chi connectivity index (χ1n) is 4.65. The zero-order valence-electron chi connectivity index (χ0n) is 9.13. The van der Waals surface area contributed by atoms with E-state index >= 15 is 0 Å². The third-order valence-electron chi connectivity index (χ3n) is 2.24. The van der Waals surface area contributed by atoms with E-state index in [-0.39, 0.29) is 12.1 Å². The van der Waals surface area contributed by atoms with Gasteiger partial charge in [-0.3, -0.25) is 0 Å². The molecule has 10 heteroatoms. The van der Waals surface area contributed by atoms with Crippen LogP contribution in [0, 0.1) is 0 Å². The zero-order chi connectivity index (χ0) is 15.9. The smallest absolute Gasteiger partial charge is 0.417 e. The van der Waals surface area contributed by atoms with E-state index in [1.807, 2.05) is 0 Å². The highest BCUT2D eigenvalue weighted by Crippen LogP contribution is 2.39. The summed E-state index contributed by atoms with van der Waals surface area (Å²) in [6.45, 7) is 0. The van der Waals surface area contributed by atoms with Crippen LogP contribution in [-0.4, -0.2) is 22.2 Å². The second-order valence-electron chi connectivity index (χ2n) is 3.52. The van der Waals surface area contributed by atoms with Crippen molar-refractivity contribution in [2.75, 3.05) is 0 Å². The maximum absolute atomic E-state index is 12.5. The van der Waals surface area contributed by atoms with Crippen molar-refractivity contribution in [3.05, 3.63) is 34.4 Å². The summed E-state index contributed by atoms with van der Waals surface area (Å²) < 4.78 is 75.3. The SMILES string of the molecule is O=C(O)c1c(C(F)(F)F)ccc(C(F)(F)F)c1C(=O)O. The number of carbonyl (C=O) groups is 2. The summed E-state index contributed by atoms with van der Waals surface area (Å²) in [4.78, 5) is 21.5. The van der Waals surface area contributed by atoms with Crippen LogP contribution < -0.4 is 0 Å². The predicted molar refractivity (Wildman–Crippen MR) is 50.4 cm³/mol. The summed E-state index contributed by atoms with van der Waals surface area (Å²) in [6, 6.07) is -0.225. The van der Waals surface area contributed by atoms with Gasteiger partial charge in [-0.1, -0.05) is 0 Å². The van der Waals surface area contributed by atoms with Crippen LogP contribution in [0.4, 0.5) is 26.3 Å². The summed E-state index contributed by atoms with van der Waals surface area (Å²) in [6.07, 6.45) is -10.6. The number of aromatic carboxylic acids is 2. The van der Waals surface area contributed by atoms with Gasteiger partial charge >= 0.3 is 24.3 Å². The van der Waals surface area contributed by atoms with Crippen LogP contribution in [0.25, 0.3) is 0 Å². The highest BCUT2D eigenvalue weighted by atomic mass is 19.4. The molecule has 1 aromatic rings. The first-order chi connectivity index (χ1) is 8.87. The van der Waals surface area contributed by atoms with Gasteiger partial charge in [0.25, 0.3) is 0 Å². The number of carboxylic acids is 2. The predicted octanol–water partition coefficient (Wildman–Crippen LogP) is 3.12. The molecule has 0 spiro atoms. The van der Waals surface area contributed by atoms with Crippen molar-refractivity contribution in [3.63, 3.8) is 0 Å². The van der Waals surface area contributed by atoms with E-state index in [2.05, 4.69) is 0 Å². The minimum Gasteiger partial charge on any atom is -0.478 e. The molecule has 0 fully saturated rings. The number of rotatable bonds is 2. The molecule has 0 heterocycles. The molecule has 0 bridgehead atoms. The van der Waals surface area contributed by atoms with Gasteiger partial charge in [-0.2, -0.15) is 26.3 Å². The molecule has 0 saturated heterocycles. The van der Waals surface area contributed by atoms with Crippen LogP contribution in [0.5, 0.6) is 0 Å². The third kappa shape index (κ3) is 2.83. The van der Waals surface area contributed by atoms with Crippen LogP contribution in [0.15, 0.2) is 12.1 Å². The van der Waals surface area contributed by atoms with E-state index in [4.69, 9.17) is 10.2 Å². The summed E-state index contributed by atoms with van der Waals surface area (Å²) >= 11 is 0. The Kier molecular flexibility index (Phi) is 3.70. The number of benzene rings is 1. The van der Waals surface area contributed by atoms with Crippen LogP contribution in [0.3, 0.4) is 0 Å². The number of alkyl halides is 6. The highest BCUT2D eigenvalue weighted by Gasteiger charge is 2.43. The molecular weight excluding hydrogens is 298 g/mol. The Morgan fingerprint density at radius 1 is 0.750 bits per heavy atom. The van der Waals surface area contributed by atoms with Gasteiger partial charge in [-0.05, 0) is 12.1 Å². The van der Waals surface area contributed by atoms with Crippen molar-refractivity contribution >= 4 is 11.9 Å². The Balaban J connectivity index is 3.88. The van der Waals surface area contributed by atoms with Crippen LogP contribution in [0.2, 0.25) is 0 Å². The minimum atomic E-state index is -5.30. The fourth-order valence-corrected chi connectivity index (χ4v) is 1.52. The zero-order valence-corrected chi connectivity index (χ0v) is 9.13. The molecule has 110 valence electrons. The van der Waals surface area contributed by atoms with E-state index in [9.17, 15) is 35.9 Å². The maximum atomic E-state index is 12.5. The van der Waals surface area contributed by atoms with Crippen molar-refractivity contribution in [2.24, 2.45) is 0 Å². The van der Waals surface area contributed by atoms with Crippen molar-refractivity contribution in [1.29, 1.82) is 0 Å². The molecule has 1 aromatic carbocycles. The molecule has 20 heavy (non-hydrogen) atoms. The molecule has 2 N–H and O–H groups in total. The number of hydrogen-bond acceptors (Lipinski definition) is 2. The van der Waals surface area contributed by atoms with Gasteiger partial charge in [0.1, 0.15) is 0 Å². The molecule has 0 unspecified atom stereocenters. The molecule has 0 amide bonds. The first kappa shape index (κ1) is 15.8. The van der Waals surface area contributed by atoms with Crippen molar-refractivity contribution < 1.29 is 46.1 Å². The van der Waals surface area contributed by atoms with E-state index in [0.717, 1.165) is 0 Å². The van der Waals surface area contributed by atoms with Gasteiger partial charge in [-0.15, -0.1) is 0 Å². The molecule has 1 rings (SSSR count). The fourth-order valence-electron chi connectivity index (χ4n) is 1.52. The lowest BCUT2D eigenvalue weighted by Gasteiger charge is -2.17. The summed E-state index contributed by atoms with van der Waals surface area (Å²) in [5.74, 6) is -4.83. The monoisotopic (exact) mass is 302 g/mol. The highest BCUT2D eigenvalue weighted by molar-refractivity contribution is 6.04. The summed E-state index contributed by atoms with van der Waals surface area (Å²) in [5, 5.41) is 17.2. The second kappa shape index (κ2) is 4.69. The Morgan fingerprint density at radius 2 is 1.00 bits per heavy atom. The second-order valence-corrected chi connectivity index (χ2v) is 3.52. The van der Waals surface area contributed by atoms with Gasteiger partial charge in [0, 0.05) is 0 Å². The Hall–Kier alpha value is -2.26. The number of hydrogen-bond donors (Lipinski definition) is 2. The quantitative estimate of drug-likeness (QED) is 0.823. The van der Waals surface area contributed by atoms with Crippen LogP contribution in [-0.2, 0) is 12.4 Å². The topological polar surface area (TPSA) is 74.6 Å². The summed E-state index contributed by atoms with van der Waals surface area (Å²) in [7, 11) is 0. The molecule has 0 aromatic heterocycles. The van der Waals surface area contributed by atoms with Crippen LogP contribution in [0.1, 0.15) is 31.8 Å². The fraction of sp³-hybridized carbons (Fsp3) is 0.200. The third-order valence-corrected chi connectivity index (χ3v) is 2.24. The Bertz CT molecular complexity index is 521. The molecule has 0 atom stereocenters. The Morgan fingerprint density at radius 3 is 1.15 bits per heavy atom. The van der Waals surface area contributed by atoms with Gasteiger partial charge in [0.2, 0.25) is 0 Å². The van der Waals surface area contributed by atoms with E-state index < -0.39 is 46.5 Å². The Labute approximate surface area is 106 Å². The molecule has 0 aliphatic heterocycles. The van der Waals surface area contributed by atoms with Crippen molar-refractivity contribution in [3.8, 4) is 0 Å². The molecule has 4 nitrogen and oxygen atoms in total. The molecule has 0 aliphatic rings. The maximum Gasteiger partial charge on any atom is 0.417 e. The number of halogens is 6. The lowest BCUT2D eigenvalue weighted by molar-refractivity contribution is -0.142. The van der Waals surface area contributed by atoms with Crippen LogP contribution >= 0.6 is 0 Å². The molecule has 0 saturated carbocycles. The largest absolute Gasteiger partial charge is 0.478 e. The van der Waals surface area contributed by atoms with Gasteiger partial charge in [0.15, 0.2) is 0 Å². The average Bonchev–Trinajstić information content (AvgIpc) is 2.24. The van der Waals surface area contributed by atoms with Crippen molar-refractivity contribution in [2.45, 2.75) is 12.4 Å². The standard InChI is InChI=1S/C10H4F6O4/c11-9(12,13)3-1-2-4(10(14,15)16)6(8(19)20)5(3)7(17)18/h1-2H,(H,17,18)(H,19,20). The van der Waals surface area contributed by atoms with Gasteiger partial charge < -0.3 is 10.2 Å². The first-order valence-corrected chi connectivity index (χ1v) is 4.65. The van der Waals surface area contributed by atoms with Gasteiger partial charge in [0.05, 0.1) is 22.3 Å². The average molecular weight is 302 g/mol. The lowest BCUT2D eigenvalue weighted by atomic mass is 9.95. The van der Waals surface area contributed by atoms with E-state index in [1.165, 1.54) is 0 Å². The number of carboxylic acid groups (broad SMARTS) is 2. The van der Waals surface area contributed by atoms with E-state index in [0.29, 0.717) is 0 Å². The minimum absolute atomic E-state index is 0.112. The van der Waals surface area contributed by atoms with Crippen molar-refractivity contribution in [1.82, 2.24) is 0 Å².